The zero-order valence-electron chi connectivity index (χ0n) is 22.8. The molecule has 0 saturated heterocycles. The Morgan fingerprint density at radius 1 is 1.18 bits per heavy atom. The molecule has 2 fully saturated rings. The number of anilines is 1. The average molecular weight is 543 g/mol. The summed E-state index contributed by atoms with van der Waals surface area (Å²) in [6.45, 7) is 7.09. The Morgan fingerprint density at radius 2 is 1.79 bits per heavy atom. The minimum atomic E-state index is -2.78. The summed E-state index contributed by atoms with van der Waals surface area (Å²) in [5, 5.41) is 26.6. The summed E-state index contributed by atoms with van der Waals surface area (Å²) < 4.78 is 0. The van der Waals surface area contributed by atoms with Gasteiger partial charge in [0.15, 0.2) is 34.7 Å². The lowest BCUT2D eigenvalue weighted by Gasteiger charge is -2.52. The van der Waals surface area contributed by atoms with Crippen molar-refractivity contribution in [1.82, 2.24) is 4.90 Å². The molecule has 0 aromatic heterocycles. The Labute approximate surface area is 225 Å². The largest absolute Gasteiger partial charge is 0.505 e. The van der Waals surface area contributed by atoms with Gasteiger partial charge in [-0.1, -0.05) is 5.16 Å². The molecule has 210 valence electrons. The Bertz CT molecular complexity index is 1340. The van der Waals surface area contributed by atoms with Crippen LogP contribution in [0.2, 0.25) is 0 Å². The first-order valence-corrected chi connectivity index (χ1v) is 12.7. The number of rotatable bonds is 4. The number of aromatic hydroxyl groups is 1. The Morgan fingerprint density at radius 3 is 2.33 bits per heavy atom. The maximum absolute atomic E-state index is 13.9. The highest BCUT2D eigenvalue weighted by atomic mass is 16.6. The average Bonchev–Trinajstić information content (AvgIpc) is 2.81. The number of Topliss-reactive ketones (excluding diaryl/α,β-unsaturated/α-hetero) is 4. The van der Waals surface area contributed by atoms with Gasteiger partial charge in [0.1, 0.15) is 11.4 Å². The SMILES string of the molecule is CC(=NOC(C)(C)C)c1cc(N)c(O)c2c1C[C@H]1C[C@H]3[C@H](N(C)C)C(=O)C(C(N)=O)C(=O)[C@@]3(O)C(=O)C1C2=O. The van der Waals surface area contributed by atoms with E-state index in [0.717, 1.165) is 0 Å². The molecule has 4 rings (SSSR count). The summed E-state index contributed by atoms with van der Waals surface area (Å²) in [5.41, 5.74) is 8.88. The maximum Gasteiger partial charge on any atom is 0.235 e. The quantitative estimate of drug-likeness (QED) is 0.132. The molecule has 1 aromatic rings. The number of ketones is 4. The standard InChI is InChI=1S/C27H34N4O8/c1-10(30-39-26(2,3)4)12-9-15(28)20(32)17-13(12)7-11-8-14-19(31(5)6)22(34)18(25(29)37)24(36)27(14,38)23(35)16(11)21(17)33/h9,11,14,16,18-19,32,38H,7-8,28H2,1-6H3,(H2,29,37)/t11-,14-,16?,18?,19-,27-/m0/s1. The maximum atomic E-state index is 13.9. The van der Waals surface area contributed by atoms with Crippen molar-refractivity contribution < 1.29 is 39.0 Å². The highest BCUT2D eigenvalue weighted by Crippen LogP contribution is 2.51. The smallest absolute Gasteiger partial charge is 0.235 e. The molecular weight excluding hydrogens is 508 g/mol. The highest BCUT2D eigenvalue weighted by molar-refractivity contribution is 6.32. The number of nitrogen functional groups attached to an aromatic ring is 1. The van der Waals surface area contributed by atoms with E-state index in [0.29, 0.717) is 16.8 Å². The fraction of sp³-hybridized carbons (Fsp3) is 0.556. The number of nitrogens with zero attached hydrogens (tertiary/aromatic N) is 2. The van der Waals surface area contributed by atoms with Gasteiger partial charge in [0.05, 0.1) is 28.9 Å². The second kappa shape index (κ2) is 9.23. The van der Waals surface area contributed by atoms with Crippen molar-refractivity contribution >= 4 is 40.4 Å². The molecule has 0 bridgehead atoms. The number of benzene rings is 1. The number of oxime groups is 1. The number of primary amides is 1. The molecule has 39 heavy (non-hydrogen) atoms. The van der Waals surface area contributed by atoms with Crippen molar-refractivity contribution in [2.24, 2.45) is 34.6 Å². The summed E-state index contributed by atoms with van der Waals surface area (Å²) in [6, 6.07) is 0.302. The van der Waals surface area contributed by atoms with Gasteiger partial charge < -0.3 is 26.5 Å². The molecule has 1 amide bonds. The molecule has 0 spiro atoms. The number of carbonyl (C=O) groups excluding carboxylic acids is 5. The molecule has 6 atom stereocenters. The van der Waals surface area contributed by atoms with Crippen molar-refractivity contribution in [3.8, 4) is 5.75 Å². The normalized spacial score (nSPS) is 31.1. The van der Waals surface area contributed by atoms with E-state index in [2.05, 4.69) is 5.16 Å². The van der Waals surface area contributed by atoms with Crippen LogP contribution in [0, 0.1) is 23.7 Å². The first-order valence-electron chi connectivity index (χ1n) is 12.7. The van der Waals surface area contributed by atoms with Gasteiger partial charge in [-0.3, -0.25) is 28.9 Å². The lowest BCUT2D eigenvalue weighted by molar-refractivity contribution is -0.181. The first-order chi connectivity index (χ1) is 17.9. The van der Waals surface area contributed by atoms with Crippen LogP contribution in [0.3, 0.4) is 0 Å². The van der Waals surface area contributed by atoms with E-state index in [1.54, 1.807) is 6.92 Å². The van der Waals surface area contributed by atoms with Gasteiger partial charge in [0.2, 0.25) is 5.91 Å². The van der Waals surface area contributed by atoms with E-state index in [4.69, 9.17) is 16.3 Å². The predicted molar refractivity (Wildman–Crippen MR) is 139 cm³/mol. The summed E-state index contributed by atoms with van der Waals surface area (Å²) in [6.07, 6.45) is 0.0422. The zero-order valence-corrected chi connectivity index (χ0v) is 22.8. The summed E-state index contributed by atoms with van der Waals surface area (Å²) in [7, 11) is 3.06. The number of phenolic OH excluding ortho intramolecular Hbond substituents is 1. The Balaban J connectivity index is 1.88. The monoisotopic (exact) mass is 542 g/mol. The third-order valence-electron chi connectivity index (χ3n) is 7.94. The molecular formula is C27H34N4O8. The minimum absolute atomic E-state index is 0.0524. The fourth-order valence-electron chi connectivity index (χ4n) is 6.27. The summed E-state index contributed by atoms with van der Waals surface area (Å²) in [5.74, 6) is -11.3. The molecule has 2 saturated carbocycles. The van der Waals surface area contributed by atoms with Crippen molar-refractivity contribution in [3.05, 3.63) is 22.8 Å². The van der Waals surface area contributed by atoms with E-state index in [-0.39, 0.29) is 24.1 Å². The molecule has 1 aromatic carbocycles. The molecule has 6 N–H and O–H groups in total. The molecule has 0 heterocycles. The van der Waals surface area contributed by atoms with Crippen LogP contribution in [0.1, 0.15) is 55.6 Å². The Kier molecular flexibility index (Phi) is 6.72. The minimum Gasteiger partial charge on any atom is -0.505 e. The van der Waals surface area contributed by atoms with E-state index in [9.17, 15) is 34.2 Å². The van der Waals surface area contributed by atoms with Gasteiger partial charge in [0, 0.05) is 11.5 Å². The first kappa shape index (κ1) is 28.4. The molecule has 2 unspecified atom stereocenters. The third-order valence-corrected chi connectivity index (χ3v) is 7.94. The van der Waals surface area contributed by atoms with Crippen LogP contribution in [0.25, 0.3) is 0 Å². The van der Waals surface area contributed by atoms with Crippen LogP contribution in [-0.2, 0) is 30.4 Å². The molecule has 0 aliphatic heterocycles. The zero-order chi connectivity index (χ0) is 29.4. The van der Waals surface area contributed by atoms with Gasteiger partial charge in [-0.05, 0) is 72.2 Å². The number of carbonyl (C=O) groups is 5. The van der Waals surface area contributed by atoms with Crippen LogP contribution in [0.5, 0.6) is 5.75 Å². The lowest BCUT2D eigenvalue weighted by Crippen LogP contribution is -2.74. The molecule has 3 aliphatic rings. The van der Waals surface area contributed by atoms with Gasteiger partial charge in [-0.15, -0.1) is 0 Å². The van der Waals surface area contributed by atoms with Gasteiger partial charge in [-0.25, -0.2) is 0 Å². The van der Waals surface area contributed by atoms with Gasteiger partial charge >= 0.3 is 0 Å². The third kappa shape index (κ3) is 4.22. The lowest BCUT2D eigenvalue weighted by atomic mass is 9.52. The number of likely N-dealkylation sites (N-methyl/N-ethyl adjacent to an activating group) is 1. The summed E-state index contributed by atoms with van der Waals surface area (Å²) >= 11 is 0. The molecule has 3 aliphatic carbocycles. The van der Waals surface area contributed by atoms with Crippen molar-refractivity contribution in [1.29, 1.82) is 0 Å². The highest BCUT2D eigenvalue weighted by Gasteiger charge is 2.69. The van der Waals surface area contributed by atoms with Crippen molar-refractivity contribution in [2.45, 2.75) is 57.8 Å². The van der Waals surface area contributed by atoms with E-state index in [1.165, 1.54) is 25.1 Å². The number of hydrogen-bond donors (Lipinski definition) is 4. The topological polar surface area (TPSA) is 203 Å². The molecule has 12 nitrogen and oxygen atoms in total. The second-order valence-corrected chi connectivity index (χ2v) is 11.9. The van der Waals surface area contributed by atoms with Crippen molar-refractivity contribution in [2.75, 3.05) is 19.8 Å². The van der Waals surface area contributed by atoms with Crippen LogP contribution in [-0.4, -0.2) is 81.2 Å². The van der Waals surface area contributed by atoms with Crippen LogP contribution in [0.15, 0.2) is 11.2 Å². The van der Waals surface area contributed by atoms with Gasteiger partial charge in [-0.2, -0.15) is 0 Å². The van der Waals surface area contributed by atoms with E-state index < -0.39 is 75.7 Å². The number of amides is 1. The number of phenols is 1. The second-order valence-electron chi connectivity index (χ2n) is 11.9. The van der Waals surface area contributed by atoms with E-state index in [1.807, 2.05) is 20.8 Å². The Hall–Kier alpha value is -3.64. The number of nitrogens with two attached hydrogens (primary N) is 2. The number of hydrogen-bond acceptors (Lipinski definition) is 11. The van der Waals surface area contributed by atoms with Crippen LogP contribution >= 0.6 is 0 Å². The van der Waals surface area contributed by atoms with E-state index >= 15 is 0 Å². The van der Waals surface area contributed by atoms with Crippen LogP contribution in [0.4, 0.5) is 5.69 Å². The summed E-state index contributed by atoms with van der Waals surface area (Å²) in [4.78, 5) is 73.3. The fourth-order valence-corrected chi connectivity index (χ4v) is 6.27. The molecule has 12 heteroatoms. The predicted octanol–water partition coefficient (Wildman–Crippen LogP) is -0.0117. The van der Waals surface area contributed by atoms with Crippen LogP contribution < -0.4 is 11.5 Å². The number of fused-ring (bicyclic) bond motifs is 3. The van der Waals surface area contributed by atoms with Gasteiger partial charge in [0.25, 0.3) is 0 Å². The molecule has 0 radical (unpaired) electrons. The number of aliphatic hydroxyl groups is 1. The van der Waals surface area contributed by atoms with Crippen molar-refractivity contribution in [3.63, 3.8) is 0 Å².